The average molecular weight is 239 g/mol. The number of carboxylic acids is 1. The second kappa shape index (κ2) is 6.04. The van der Waals surface area contributed by atoms with Crippen molar-refractivity contribution in [3.63, 3.8) is 0 Å². The van der Waals surface area contributed by atoms with Crippen molar-refractivity contribution in [2.24, 2.45) is 0 Å². The van der Waals surface area contributed by atoms with Gasteiger partial charge in [-0.15, -0.1) is 0 Å². The van der Waals surface area contributed by atoms with Crippen LogP contribution in [0.3, 0.4) is 0 Å². The number of nitrogens with one attached hydrogen (secondary N) is 1. The molecule has 0 bridgehead atoms. The Hall–Kier alpha value is -0.660. The van der Waals surface area contributed by atoms with Crippen molar-refractivity contribution < 1.29 is 23.1 Å². The summed E-state index contributed by atoms with van der Waals surface area (Å²) in [5.41, 5.74) is 0. The summed E-state index contributed by atoms with van der Waals surface area (Å²) in [7, 11) is -2.18. The molecule has 0 aliphatic carbocycles. The van der Waals surface area contributed by atoms with Crippen LogP contribution in [0.2, 0.25) is 0 Å². The maximum absolute atomic E-state index is 11.4. The summed E-state index contributed by atoms with van der Waals surface area (Å²) in [6.45, 7) is 3.07. The summed E-state index contributed by atoms with van der Waals surface area (Å²) in [4.78, 5) is 10.4. The lowest BCUT2D eigenvalue weighted by atomic mass is 10.3. The highest BCUT2D eigenvalue weighted by atomic mass is 32.2. The molecule has 2 atom stereocenters. The molecule has 15 heavy (non-hydrogen) atoms. The number of carboxylic acid groups (broad SMARTS) is 1. The number of aliphatic carboxylic acids is 1. The van der Waals surface area contributed by atoms with E-state index in [0.29, 0.717) is 6.42 Å². The number of ether oxygens (including phenoxy) is 1. The highest BCUT2D eigenvalue weighted by Gasteiger charge is 2.22. The second-order valence-corrected chi connectivity index (χ2v) is 5.02. The molecule has 0 saturated heterocycles. The quantitative estimate of drug-likeness (QED) is 0.642. The smallest absolute Gasteiger partial charge is 0.321 e. The van der Waals surface area contributed by atoms with Gasteiger partial charge in [0.25, 0.3) is 0 Å². The topological polar surface area (TPSA) is 92.7 Å². The Morgan fingerprint density at radius 1 is 1.53 bits per heavy atom. The van der Waals surface area contributed by atoms with Gasteiger partial charge in [0, 0.05) is 7.11 Å². The van der Waals surface area contributed by atoms with E-state index < -0.39 is 28.1 Å². The van der Waals surface area contributed by atoms with Gasteiger partial charge in [0.15, 0.2) is 0 Å². The van der Waals surface area contributed by atoms with Gasteiger partial charge in [-0.1, -0.05) is 6.92 Å². The third kappa shape index (κ3) is 5.71. The molecule has 0 aromatic rings. The molecule has 0 heterocycles. The highest BCUT2D eigenvalue weighted by molar-refractivity contribution is 7.89. The summed E-state index contributed by atoms with van der Waals surface area (Å²) in [5.74, 6) is -1.43. The molecule has 6 nitrogen and oxygen atoms in total. The first-order valence-corrected chi connectivity index (χ1v) is 6.23. The monoisotopic (exact) mass is 239 g/mol. The van der Waals surface area contributed by atoms with E-state index in [1.165, 1.54) is 14.0 Å². The Morgan fingerprint density at radius 3 is 2.40 bits per heavy atom. The van der Waals surface area contributed by atoms with Crippen molar-refractivity contribution in [1.29, 1.82) is 0 Å². The Labute approximate surface area is 89.7 Å². The number of carbonyl (C=O) groups is 1. The number of rotatable bonds is 7. The van der Waals surface area contributed by atoms with Crippen LogP contribution in [0, 0.1) is 0 Å². The van der Waals surface area contributed by atoms with Gasteiger partial charge in [0.05, 0.1) is 11.9 Å². The molecular formula is C8H17NO5S. The van der Waals surface area contributed by atoms with Crippen LogP contribution >= 0.6 is 0 Å². The highest BCUT2D eigenvalue weighted by Crippen LogP contribution is 2.01. The first-order valence-electron chi connectivity index (χ1n) is 4.58. The van der Waals surface area contributed by atoms with Crippen LogP contribution in [0.4, 0.5) is 0 Å². The van der Waals surface area contributed by atoms with E-state index in [2.05, 4.69) is 0 Å². The molecule has 0 amide bonds. The molecule has 0 aromatic heterocycles. The minimum atomic E-state index is -3.61. The van der Waals surface area contributed by atoms with E-state index >= 15 is 0 Å². The first kappa shape index (κ1) is 14.3. The fourth-order valence-electron chi connectivity index (χ4n) is 0.965. The predicted octanol–water partition coefficient (Wildman–Crippen LogP) is -0.196. The Kier molecular flexibility index (Phi) is 5.77. The molecule has 90 valence electrons. The van der Waals surface area contributed by atoms with E-state index in [1.54, 1.807) is 6.92 Å². The first-order chi connectivity index (χ1) is 6.82. The van der Waals surface area contributed by atoms with Crippen LogP contribution in [0.1, 0.15) is 20.3 Å². The largest absolute Gasteiger partial charge is 0.480 e. The number of hydrogen-bond donors (Lipinski definition) is 2. The van der Waals surface area contributed by atoms with Crippen LogP contribution in [0.25, 0.3) is 0 Å². The second-order valence-electron chi connectivity index (χ2n) is 3.23. The summed E-state index contributed by atoms with van der Waals surface area (Å²) < 4.78 is 29.8. The standard InChI is InChI=1S/C8H17NO5S/c1-4-7(14-3)5-15(12,13)9-6(2)8(10)11/h6-7,9H,4-5H2,1-3H3,(H,10,11)/t6-,7?/m0/s1. The number of hydrogen-bond acceptors (Lipinski definition) is 4. The molecule has 0 aromatic carbocycles. The van der Waals surface area contributed by atoms with Gasteiger partial charge in [0.2, 0.25) is 10.0 Å². The summed E-state index contributed by atoms with van der Waals surface area (Å²) in [5, 5.41) is 8.54. The molecular weight excluding hydrogens is 222 g/mol. The molecule has 0 saturated carbocycles. The van der Waals surface area contributed by atoms with Crippen LogP contribution in [-0.4, -0.2) is 44.5 Å². The minimum Gasteiger partial charge on any atom is -0.480 e. The van der Waals surface area contributed by atoms with Crippen LogP contribution in [-0.2, 0) is 19.6 Å². The fraction of sp³-hybridized carbons (Fsp3) is 0.875. The van der Waals surface area contributed by atoms with Crippen molar-refractivity contribution in [3.05, 3.63) is 0 Å². The SMILES string of the molecule is CCC(CS(=O)(=O)N[C@@H](C)C(=O)O)OC. The third-order valence-corrected chi connectivity index (χ3v) is 3.44. The van der Waals surface area contributed by atoms with Gasteiger partial charge in [-0.05, 0) is 13.3 Å². The zero-order valence-corrected chi connectivity index (χ0v) is 9.87. The molecule has 0 aliphatic rings. The fourth-order valence-corrected chi connectivity index (χ4v) is 2.56. The average Bonchev–Trinajstić information content (AvgIpc) is 2.13. The van der Waals surface area contributed by atoms with Crippen LogP contribution < -0.4 is 4.72 Å². The molecule has 0 spiro atoms. The minimum absolute atomic E-state index is 0.225. The summed E-state index contributed by atoms with van der Waals surface area (Å²) >= 11 is 0. The van der Waals surface area contributed by atoms with Gasteiger partial charge in [-0.2, -0.15) is 0 Å². The third-order valence-electron chi connectivity index (χ3n) is 1.92. The lowest BCUT2D eigenvalue weighted by Gasteiger charge is -2.15. The van der Waals surface area contributed by atoms with Crippen LogP contribution in [0.5, 0.6) is 0 Å². The van der Waals surface area contributed by atoms with Crippen molar-refractivity contribution in [2.75, 3.05) is 12.9 Å². The maximum atomic E-state index is 11.4. The molecule has 1 unspecified atom stereocenters. The molecule has 0 fully saturated rings. The lowest BCUT2D eigenvalue weighted by Crippen LogP contribution is -2.42. The van der Waals surface area contributed by atoms with E-state index in [4.69, 9.17) is 9.84 Å². The molecule has 7 heteroatoms. The van der Waals surface area contributed by atoms with Crippen molar-refractivity contribution in [3.8, 4) is 0 Å². The molecule has 2 N–H and O–H groups in total. The Bertz CT molecular complexity index is 296. The van der Waals surface area contributed by atoms with Gasteiger partial charge in [0.1, 0.15) is 6.04 Å². The lowest BCUT2D eigenvalue weighted by molar-refractivity contribution is -0.138. The van der Waals surface area contributed by atoms with Gasteiger partial charge >= 0.3 is 5.97 Å². The van der Waals surface area contributed by atoms with Crippen molar-refractivity contribution >= 4 is 16.0 Å². The normalized spacial score (nSPS) is 15.9. The Morgan fingerprint density at radius 2 is 2.07 bits per heavy atom. The van der Waals surface area contributed by atoms with Crippen molar-refractivity contribution in [2.45, 2.75) is 32.4 Å². The van der Waals surface area contributed by atoms with E-state index in [9.17, 15) is 13.2 Å². The Balaban J connectivity index is 4.37. The molecule has 0 aliphatic heterocycles. The summed E-state index contributed by atoms with van der Waals surface area (Å²) in [6.07, 6.45) is 0.141. The van der Waals surface area contributed by atoms with E-state index in [0.717, 1.165) is 0 Å². The van der Waals surface area contributed by atoms with Gasteiger partial charge in [-0.25, -0.2) is 13.1 Å². The number of methoxy groups -OCH3 is 1. The van der Waals surface area contributed by atoms with Crippen LogP contribution in [0.15, 0.2) is 0 Å². The maximum Gasteiger partial charge on any atom is 0.321 e. The van der Waals surface area contributed by atoms with Gasteiger partial charge < -0.3 is 9.84 Å². The van der Waals surface area contributed by atoms with E-state index in [1.807, 2.05) is 4.72 Å². The zero-order valence-electron chi connectivity index (χ0n) is 9.06. The molecule has 0 rings (SSSR count). The molecule has 0 radical (unpaired) electrons. The van der Waals surface area contributed by atoms with Crippen molar-refractivity contribution in [1.82, 2.24) is 4.72 Å². The zero-order chi connectivity index (χ0) is 12.1. The predicted molar refractivity (Wildman–Crippen MR) is 55.1 cm³/mol. The van der Waals surface area contributed by atoms with E-state index in [-0.39, 0.29) is 5.75 Å². The summed E-state index contributed by atoms with van der Waals surface area (Å²) in [6, 6.07) is -1.12. The number of sulfonamides is 1. The van der Waals surface area contributed by atoms with Gasteiger partial charge in [-0.3, -0.25) is 4.79 Å².